The van der Waals surface area contributed by atoms with Crippen LogP contribution in [-0.4, -0.2) is 15.8 Å². The summed E-state index contributed by atoms with van der Waals surface area (Å²) < 4.78 is 0. The Labute approximate surface area is 94.2 Å². The number of hydrogen-bond acceptors (Lipinski definition) is 3. The second-order valence-corrected chi connectivity index (χ2v) is 3.80. The highest BCUT2D eigenvalue weighted by molar-refractivity contribution is 6.07. The lowest BCUT2D eigenvalue weighted by Gasteiger charge is -2.03. The zero-order valence-corrected chi connectivity index (χ0v) is 9.27. The lowest BCUT2D eigenvalue weighted by atomic mass is 10.0. The Bertz CT molecular complexity index is 500. The van der Waals surface area contributed by atoms with Crippen LogP contribution in [0.3, 0.4) is 0 Å². The standard InChI is InChI=1S/C13H12N2O/c1-9-5-10(2)7-11(6-9)13(16)12-8-14-3-4-15-12/h3-8H,1-2H3. The first-order chi connectivity index (χ1) is 7.66. The molecular weight excluding hydrogens is 200 g/mol. The molecule has 0 bridgehead atoms. The summed E-state index contributed by atoms with van der Waals surface area (Å²) in [4.78, 5) is 19.9. The zero-order valence-electron chi connectivity index (χ0n) is 9.27. The minimum atomic E-state index is -0.0834. The predicted molar refractivity (Wildman–Crippen MR) is 61.4 cm³/mol. The van der Waals surface area contributed by atoms with Crippen LogP contribution in [0.25, 0.3) is 0 Å². The molecule has 16 heavy (non-hydrogen) atoms. The van der Waals surface area contributed by atoms with Gasteiger partial charge in [-0.3, -0.25) is 9.78 Å². The van der Waals surface area contributed by atoms with Crippen LogP contribution >= 0.6 is 0 Å². The Kier molecular flexibility index (Phi) is 2.77. The van der Waals surface area contributed by atoms with E-state index in [9.17, 15) is 4.79 Å². The van der Waals surface area contributed by atoms with Crippen LogP contribution in [0.1, 0.15) is 27.2 Å². The molecule has 3 nitrogen and oxygen atoms in total. The highest BCUT2D eigenvalue weighted by Gasteiger charge is 2.10. The van der Waals surface area contributed by atoms with Crippen molar-refractivity contribution in [2.45, 2.75) is 13.8 Å². The topological polar surface area (TPSA) is 42.9 Å². The Morgan fingerprint density at radius 1 is 1.06 bits per heavy atom. The Hall–Kier alpha value is -2.03. The zero-order chi connectivity index (χ0) is 11.5. The van der Waals surface area contributed by atoms with E-state index in [0.717, 1.165) is 11.1 Å². The number of hydrogen-bond donors (Lipinski definition) is 0. The SMILES string of the molecule is Cc1cc(C)cc(C(=O)c2cnccn2)c1. The first kappa shape index (κ1) is 10.5. The van der Waals surface area contributed by atoms with Crippen LogP contribution in [0.5, 0.6) is 0 Å². The average Bonchev–Trinajstić information content (AvgIpc) is 2.28. The van der Waals surface area contributed by atoms with Crippen molar-refractivity contribution in [2.24, 2.45) is 0 Å². The third kappa shape index (κ3) is 2.14. The van der Waals surface area contributed by atoms with Gasteiger partial charge in [0.05, 0.1) is 6.20 Å². The van der Waals surface area contributed by atoms with Crippen molar-refractivity contribution < 1.29 is 4.79 Å². The molecule has 2 aromatic rings. The van der Waals surface area contributed by atoms with Gasteiger partial charge in [0.25, 0.3) is 0 Å². The largest absolute Gasteiger partial charge is 0.287 e. The lowest BCUT2D eigenvalue weighted by molar-refractivity contribution is 0.103. The fourth-order valence-corrected chi connectivity index (χ4v) is 1.67. The number of aryl methyl sites for hydroxylation is 2. The molecule has 0 amide bonds. The maximum atomic E-state index is 12.0. The third-order valence-corrected chi connectivity index (χ3v) is 2.28. The summed E-state index contributed by atoms with van der Waals surface area (Å²) in [6, 6.07) is 5.77. The Morgan fingerprint density at radius 2 is 1.75 bits per heavy atom. The van der Waals surface area contributed by atoms with Crippen LogP contribution < -0.4 is 0 Å². The van der Waals surface area contributed by atoms with Crippen molar-refractivity contribution >= 4 is 5.78 Å². The maximum absolute atomic E-state index is 12.0. The molecule has 1 aromatic heterocycles. The van der Waals surface area contributed by atoms with E-state index in [4.69, 9.17) is 0 Å². The van der Waals surface area contributed by atoms with Gasteiger partial charge in [-0.1, -0.05) is 17.2 Å². The number of carbonyl (C=O) groups is 1. The number of ketones is 1. The number of carbonyl (C=O) groups excluding carboxylic acids is 1. The summed E-state index contributed by atoms with van der Waals surface area (Å²) in [5, 5.41) is 0. The van der Waals surface area contributed by atoms with E-state index < -0.39 is 0 Å². The summed E-state index contributed by atoms with van der Waals surface area (Å²) in [6.45, 7) is 3.95. The highest BCUT2D eigenvalue weighted by atomic mass is 16.1. The molecule has 3 heteroatoms. The minimum absolute atomic E-state index is 0.0834. The van der Waals surface area contributed by atoms with E-state index in [1.165, 1.54) is 12.4 Å². The molecule has 0 aliphatic carbocycles. The average molecular weight is 212 g/mol. The second kappa shape index (κ2) is 4.23. The third-order valence-electron chi connectivity index (χ3n) is 2.28. The second-order valence-electron chi connectivity index (χ2n) is 3.80. The number of aromatic nitrogens is 2. The predicted octanol–water partition coefficient (Wildman–Crippen LogP) is 2.32. The summed E-state index contributed by atoms with van der Waals surface area (Å²) in [5.74, 6) is -0.0834. The molecular formula is C13H12N2O. The molecule has 0 unspecified atom stereocenters. The molecule has 0 aliphatic heterocycles. The van der Waals surface area contributed by atoms with Crippen LogP contribution in [0, 0.1) is 13.8 Å². The maximum Gasteiger partial charge on any atom is 0.212 e. The van der Waals surface area contributed by atoms with Gasteiger partial charge in [0.15, 0.2) is 0 Å². The normalized spacial score (nSPS) is 10.1. The molecule has 0 N–H and O–H groups in total. The minimum Gasteiger partial charge on any atom is -0.287 e. The fourth-order valence-electron chi connectivity index (χ4n) is 1.67. The Morgan fingerprint density at radius 3 is 2.31 bits per heavy atom. The van der Waals surface area contributed by atoms with E-state index in [2.05, 4.69) is 9.97 Å². The van der Waals surface area contributed by atoms with E-state index in [0.29, 0.717) is 11.3 Å². The van der Waals surface area contributed by atoms with Gasteiger partial charge in [-0.05, 0) is 26.0 Å². The number of benzene rings is 1. The monoisotopic (exact) mass is 212 g/mol. The van der Waals surface area contributed by atoms with E-state index in [-0.39, 0.29) is 5.78 Å². The smallest absolute Gasteiger partial charge is 0.212 e. The van der Waals surface area contributed by atoms with Gasteiger partial charge in [-0.25, -0.2) is 4.98 Å². The van der Waals surface area contributed by atoms with Gasteiger partial charge < -0.3 is 0 Å². The van der Waals surface area contributed by atoms with Gasteiger partial charge >= 0.3 is 0 Å². The summed E-state index contributed by atoms with van der Waals surface area (Å²) >= 11 is 0. The van der Waals surface area contributed by atoms with Crippen molar-refractivity contribution in [1.82, 2.24) is 9.97 Å². The van der Waals surface area contributed by atoms with Crippen molar-refractivity contribution in [2.75, 3.05) is 0 Å². The molecule has 1 heterocycles. The van der Waals surface area contributed by atoms with Gasteiger partial charge in [-0.15, -0.1) is 0 Å². The van der Waals surface area contributed by atoms with Crippen molar-refractivity contribution in [3.05, 3.63) is 59.2 Å². The first-order valence-electron chi connectivity index (χ1n) is 5.06. The van der Waals surface area contributed by atoms with Crippen molar-refractivity contribution in [3.63, 3.8) is 0 Å². The van der Waals surface area contributed by atoms with Gasteiger partial charge in [0.2, 0.25) is 5.78 Å². The van der Waals surface area contributed by atoms with Crippen LogP contribution in [-0.2, 0) is 0 Å². The van der Waals surface area contributed by atoms with Crippen molar-refractivity contribution in [1.29, 1.82) is 0 Å². The Balaban J connectivity index is 2.42. The molecule has 0 saturated carbocycles. The first-order valence-corrected chi connectivity index (χ1v) is 5.06. The molecule has 0 aliphatic rings. The summed E-state index contributed by atoms with van der Waals surface area (Å²) in [6.07, 6.45) is 4.56. The molecule has 0 radical (unpaired) electrons. The lowest BCUT2D eigenvalue weighted by Crippen LogP contribution is -2.04. The van der Waals surface area contributed by atoms with Crippen LogP contribution in [0.2, 0.25) is 0 Å². The molecule has 0 saturated heterocycles. The number of rotatable bonds is 2. The van der Waals surface area contributed by atoms with E-state index in [1.54, 1.807) is 6.20 Å². The summed E-state index contributed by atoms with van der Waals surface area (Å²) in [5.41, 5.74) is 3.20. The van der Waals surface area contributed by atoms with Crippen LogP contribution in [0.4, 0.5) is 0 Å². The molecule has 2 rings (SSSR count). The van der Waals surface area contributed by atoms with Gasteiger partial charge in [-0.2, -0.15) is 0 Å². The van der Waals surface area contributed by atoms with Gasteiger partial charge in [0.1, 0.15) is 5.69 Å². The van der Waals surface area contributed by atoms with Crippen molar-refractivity contribution in [3.8, 4) is 0 Å². The molecule has 0 fully saturated rings. The van der Waals surface area contributed by atoms with Gasteiger partial charge in [0, 0.05) is 18.0 Å². The van der Waals surface area contributed by atoms with E-state index in [1.807, 2.05) is 32.0 Å². The molecule has 80 valence electrons. The summed E-state index contributed by atoms with van der Waals surface area (Å²) in [7, 11) is 0. The van der Waals surface area contributed by atoms with E-state index >= 15 is 0 Å². The molecule has 1 aromatic carbocycles. The molecule has 0 atom stereocenters. The fraction of sp³-hybridized carbons (Fsp3) is 0.154. The van der Waals surface area contributed by atoms with Crippen LogP contribution in [0.15, 0.2) is 36.8 Å². The molecule has 0 spiro atoms. The highest BCUT2D eigenvalue weighted by Crippen LogP contribution is 2.12. The number of nitrogens with zero attached hydrogens (tertiary/aromatic N) is 2. The quantitative estimate of drug-likeness (QED) is 0.717.